The van der Waals surface area contributed by atoms with Crippen LogP contribution in [0.5, 0.6) is 23.0 Å². The van der Waals surface area contributed by atoms with Gasteiger partial charge in [0.2, 0.25) is 12.6 Å². The molecule has 8 heteroatoms. The quantitative estimate of drug-likeness (QED) is 0.0842. The number of hydrogen-bond acceptors (Lipinski definition) is 8. The van der Waals surface area contributed by atoms with E-state index in [1.165, 1.54) is 0 Å². The van der Waals surface area contributed by atoms with Gasteiger partial charge in [0.15, 0.2) is 0 Å². The lowest BCUT2D eigenvalue weighted by atomic mass is 9.92. The highest BCUT2D eigenvalue weighted by molar-refractivity contribution is 5.91. The molecule has 1 heterocycles. The van der Waals surface area contributed by atoms with Crippen LogP contribution in [-0.2, 0) is 71.8 Å². The molecule has 388 valence electrons. The molecule has 8 nitrogen and oxygen atoms in total. The summed E-state index contributed by atoms with van der Waals surface area (Å²) in [5.74, 6) is 2.59. The van der Waals surface area contributed by atoms with Crippen molar-refractivity contribution in [3.05, 3.63) is 299 Å². The third-order valence-electron chi connectivity index (χ3n) is 13.5. The molecular weight excluding hydrogens is 969 g/mol. The summed E-state index contributed by atoms with van der Waals surface area (Å²) in [7, 11) is 0. The van der Waals surface area contributed by atoms with Crippen LogP contribution in [0.25, 0.3) is 33.4 Å². The van der Waals surface area contributed by atoms with Crippen molar-refractivity contribution in [3.8, 4) is 56.4 Å². The number of para-hydroxylation sites is 4. The monoisotopic (exact) mass is 1030 g/mol. The van der Waals surface area contributed by atoms with E-state index in [9.17, 15) is 0 Å². The summed E-state index contributed by atoms with van der Waals surface area (Å²) >= 11 is 0. The van der Waals surface area contributed by atoms with Gasteiger partial charge in [-0.25, -0.2) is 0 Å². The maximum atomic E-state index is 7.17. The second-order valence-corrected chi connectivity index (χ2v) is 19.0. The van der Waals surface area contributed by atoms with Crippen LogP contribution in [0, 0.1) is 0 Å². The molecule has 0 aliphatic carbocycles. The zero-order valence-corrected chi connectivity index (χ0v) is 43.3. The molecule has 0 spiro atoms. The first-order valence-corrected chi connectivity index (χ1v) is 26.4. The third-order valence-corrected chi connectivity index (χ3v) is 13.5. The summed E-state index contributed by atoms with van der Waals surface area (Å²) in [4.78, 5) is 0. The lowest BCUT2D eigenvalue weighted by Gasteiger charge is -2.29. The molecule has 10 aromatic carbocycles. The Morgan fingerprint density at radius 2 is 0.474 bits per heavy atom. The van der Waals surface area contributed by atoms with E-state index in [0.717, 1.165) is 77.9 Å². The topological polar surface area (TPSA) is 73.8 Å². The smallest absolute Gasteiger partial charge is 0.210 e. The van der Waals surface area contributed by atoms with Crippen molar-refractivity contribution in [2.75, 3.05) is 0 Å². The molecule has 1 aliphatic heterocycles. The van der Waals surface area contributed by atoms with Crippen LogP contribution < -0.4 is 18.9 Å². The highest BCUT2D eigenvalue weighted by Gasteiger charge is 2.30. The summed E-state index contributed by atoms with van der Waals surface area (Å²) in [6.07, 6.45) is -2.06. The number of fused-ring (bicyclic) bond motifs is 11. The van der Waals surface area contributed by atoms with Gasteiger partial charge in [-0.3, -0.25) is 0 Å². The van der Waals surface area contributed by atoms with E-state index in [4.69, 9.17) is 37.9 Å². The first kappa shape index (κ1) is 51.4. The van der Waals surface area contributed by atoms with E-state index in [1.54, 1.807) is 0 Å². The fourth-order valence-corrected chi connectivity index (χ4v) is 9.57. The molecule has 78 heavy (non-hydrogen) atoms. The Balaban J connectivity index is 1.12. The van der Waals surface area contributed by atoms with Gasteiger partial charge in [0.25, 0.3) is 0 Å². The second kappa shape index (κ2) is 25.9. The van der Waals surface area contributed by atoms with Crippen molar-refractivity contribution in [2.24, 2.45) is 0 Å². The van der Waals surface area contributed by atoms with Gasteiger partial charge in [0, 0.05) is 44.5 Å². The molecule has 2 unspecified atom stereocenters. The molecule has 0 saturated heterocycles. The van der Waals surface area contributed by atoms with Crippen LogP contribution in [0.1, 0.15) is 44.5 Å². The van der Waals surface area contributed by atoms with Gasteiger partial charge in [0.1, 0.15) is 49.4 Å². The minimum absolute atomic E-state index is 0.0757. The Kier molecular flexibility index (Phi) is 17.0. The Labute approximate surface area is 456 Å². The van der Waals surface area contributed by atoms with Crippen molar-refractivity contribution >= 4 is 0 Å². The first-order valence-electron chi connectivity index (χ1n) is 26.4. The predicted octanol–water partition coefficient (Wildman–Crippen LogP) is 16.1. The van der Waals surface area contributed by atoms with Crippen molar-refractivity contribution in [1.29, 1.82) is 0 Å². The van der Waals surface area contributed by atoms with E-state index >= 15 is 0 Å². The Bertz CT molecular complexity index is 3230. The highest BCUT2D eigenvalue weighted by Crippen LogP contribution is 2.50. The highest BCUT2D eigenvalue weighted by atomic mass is 16.8. The summed E-state index contributed by atoms with van der Waals surface area (Å²) < 4.78 is 56.0. The molecule has 0 radical (unpaired) electrons. The van der Waals surface area contributed by atoms with Crippen molar-refractivity contribution < 1.29 is 37.9 Å². The van der Waals surface area contributed by atoms with Crippen molar-refractivity contribution in [1.82, 2.24) is 0 Å². The molecule has 11 rings (SSSR count). The third kappa shape index (κ3) is 12.9. The Morgan fingerprint density at radius 3 is 0.756 bits per heavy atom. The minimum atomic E-state index is -1.03. The Morgan fingerprint density at radius 1 is 0.244 bits per heavy atom. The maximum absolute atomic E-state index is 7.17. The van der Waals surface area contributed by atoms with E-state index in [0.29, 0.717) is 49.4 Å². The van der Waals surface area contributed by atoms with E-state index in [2.05, 4.69) is 97.1 Å². The van der Waals surface area contributed by atoms with Gasteiger partial charge in [-0.05, 0) is 33.4 Å². The Hall–Kier alpha value is -8.76. The molecule has 0 saturated carbocycles. The van der Waals surface area contributed by atoms with Gasteiger partial charge in [-0.1, -0.05) is 255 Å². The lowest BCUT2D eigenvalue weighted by Crippen LogP contribution is -2.36. The number of benzene rings is 10. The zero-order valence-electron chi connectivity index (χ0n) is 43.3. The van der Waals surface area contributed by atoms with Crippen LogP contribution >= 0.6 is 0 Å². The SMILES string of the molecule is c1ccc(COc2c3cccc2-c2cccc(c2OCc2ccccc2)-c2cccc(c2OCc2ccccc2)-c2cccc(c2OCc2ccccc2)COC(OCc2ccccc2)C(OCc2ccccc2)OC3)cc1. The molecule has 0 fully saturated rings. The van der Waals surface area contributed by atoms with Gasteiger partial charge in [0.05, 0.1) is 26.4 Å². The van der Waals surface area contributed by atoms with Gasteiger partial charge in [-0.2, -0.15) is 0 Å². The normalized spacial score (nSPS) is 14.1. The number of ether oxygens (including phenoxy) is 8. The zero-order chi connectivity index (χ0) is 52.6. The van der Waals surface area contributed by atoms with Crippen molar-refractivity contribution in [2.45, 2.75) is 65.4 Å². The van der Waals surface area contributed by atoms with E-state index in [-0.39, 0.29) is 26.4 Å². The maximum Gasteiger partial charge on any atom is 0.210 e. The second-order valence-electron chi connectivity index (χ2n) is 19.0. The molecular formula is C70H60O8. The molecule has 8 bridgehead atoms. The molecule has 0 amide bonds. The summed E-state index contributed by atoms with van der Waals surface area (Å²) in [6, 6.07) is 85.8. The molecule has 2 atom stereocenters. The first-order chi connectivity index (χ1) is 38.7. The van der Waals surface area contributed by atoms with Crippen LogP contribution in [0.15, 0.2) is 255 Å². The summed E-state index contributed by atoms with van der Waals surface area (Å²) in [5, 5.41) is 0. The average Bonchev–Trinajstić information content (AvgIpc) is 3.61. The number of rotatable bonds is 18. The largest absolute Gasteiger partial charge is 0.488 e. The summed E-state index contributed by atoms with van der Waals surface area (Å²) in [6.45, 7) is 1.83. The fourth-order valence-electron chi connectivity index (χ4n) is 9.57. The fraction of sp³-hybridized carbons (Fsp3) is 0.143. The average molecular weight is 1030 g/mol. The molecule has 0 N–H and O–H groups in total. The summed E-state index contributed by atoms with van der Waals surface area (Å²) in [5.41, 5.74) is 12.6. The van der Waals surface area contributed by atoms with Gasteiger partial charge >= 0.3 is 0 Å². The lowest BCUT2D eigenvalue weighted by molar-refractivity contribution is -0.299. The van der Waals surface area contributed by atoms with Crippen LogP contribution in [0.3, 0.4) is 0 Å². The van der Waals surface area contributed by atoms with E-state index in [1.807, 2.05) is 158 Å². The van der Waals surface area contributed by atoms with Gasteiger partial charge in [-0.15, -0.1) is 0 Å². The standard InChI is InChI=1S/C70H60O8/c1-7-23-51(24-8-1)43-71-65-57-35-19-37-59(65)61-39-21-41-63(67(61)73-45-53-27-11-3-12-28-53)64-42-22-40-62(68(64)74-46-54-29-13-4-14-30-54)60-38-20-36-58(66(60)72-44-52-25-9-2-10-26-52)50-78-70(76-48-56-33-17-6-18-34-56)69(77-49-57)75-47-55-31-15-5-16-32-55/h1-42,69-70H,43-50H2. The number of hydrogen-bond donors (Lipinski definition) is 0. The van der Waals surface area contributed by atoms with Crippen LogP contribution in [-0.4, -0.2) is 12.6 Å². The van der Waals surface area contributed by atoms with Crippen LogP contribution in [0.4, 0.5) is 0 Å². The van der Waals surface area contributed by atoms with E-state index < -0.39 is 12.6 Å². The molecule has 10 aromatic rings. The predicted molar refractivity (Wildman–Crippen MR) is 305 cm³/mol. The molecule has 1 aliphatic rings. The van der Waals surface area contributed by atoms with Crippen LogP contribution in [0.2, 0.25) is 0 Å². The van der Waals surface area contributed by atoms with Gasteiger partial charge < -0.3 is 37.9 Å². The minimum Gasteiger partial charge on any atom is -0.488 e. The van der Waals surface area contributed by atoms with Crippen molar-refractivity contribution in [3.63, 3.8) is 0 Å². The molecule has 0 aromatic heterocycles.